The first-order valence-corrected chi connectivity index (χ1v) is 12.5. The number of rotatable bonds is 10. The van der Waals surface area contributed by atoms with Gasteiger partial charge in [-0.2, -0.15) is 0 Å². The smallest absolute Gasteiger partial charge is 0.244 e. The molecular formula is C24H33N3O5S. The number of hydrogen-bond donors (Lipinski definition) is 1. The average Bonchev–Trinajstić information content (AvgIpc) is 2.75. The van der Waals surface area contributed by atoms with Crippen LogP contribution in [-0.2, 0) is 26.2 Å². The number of sulfonamides is 1. The average molecular weight is 476 g/mol. The third-order valence-electron chi connectivity index (χ3n) is 5.17. The number of nitrogens with zero attached hydrogens (tertiary/aromatic N) is 2. The maximum Gasteiger partial charge on any atom is 0.244 e. The summed E-state index contributed by atoms with van der Waals surface area (Å²) < 4.78 is 31.4. The number of ether oxygens (including phenoxy) is 1. The van der Waals surface area contributed by atoms with E-state index in [1.165, 1.54) is 4.90 Å². The van der Waals surface area contributed by atoms with E-state index in [9.17, 15) is 18.0 Å². The van der Waals surface area contributed by atoms with Crippen molar-refractivity contribution >= 4 is 27.5 Å². The van der Waals surface area contributed by atoms with Crippen molar-refractivity contribution in [3.8, 4) is 5.75 Å². The first kappa shape index (κ1) is 26.2. The minimum absolute atomic E-state index is 0.0997. The molecule has 0 spiro atoms. The highest BCUT2D eigenvalue weighted by Gasteiger charge is 2.30. The first-order chi connectivity index (χ1) is 15.4. The molecule has 0 bridgehead atoms. The lowest BCUT2D eigenvalue weighted by Gasteiger charge is -2.32. The summed E-state index contributed by atoms with van der Waals surface area (Å²) in [6.45, 7) is 6.82. The molecule has 0 aliphatic heterocycles. The fourth-order valence-corrected chi connectivity index (χ4v) is 4.26. The topological polar surface area (TPSA) is 96.0 Å². The summed E-state index contributed by atoms with van der Waals surface area (Å²) in [6.07, 6.45) is 1.06. The molecule has 0 aliphatic rings. The first-order valence-electron chi connectivity index (χ1n) is 10.7. The van der Waals surface area contributed by atoms with E-state index in [1.54, 1.807) is 57.4 Å². The lowest BCUT2D eigenvalue weighted by Crippen LogP contribution is -2.52. The molecule has 1 N–H and O–H groups in total. The van der Waals surface area contributed by atoms with Gasteiger partial charge >= 0.3 is 0 Å². The third-order valence-corrected chi connectivity index (χ3v) is 6.30. The minimum Gasteiger partial charge on any atom is -0.497 e. The van der Waals surface area contributed by atoms with E-state index in [0.29, 0.717) is 11.4 Å². The second-order valence-corrected chi connectivity index (χ2v) is 10.2. The molecule has 0 saturated heterocycles. The maximum absolute atomic E-state index is 13.5. The number of carbonyl (C=O) groups excluding carboxylic acids is 2. The standard InChI is InChI=1S/C24H33N3O5S/c1-17(2)25-24(29)19(4)26(15-20-11-13-21(32-5)14-12-20)23(28)16-27(33(6,30)31)22-10-8-7-9-18(22)3/h7-14,17,19H,15-16H2,1-6H3,(H,25,29)/t19-/m1/s1. The molecule has 9 heteroatoms. The predicted molar refractivity (Wildman–Crippen MR) is 130 cm³/mol. The lowest BCUT2D eigenvalue weighted by atomic mass is 10.1. The highest BCUT2D eigenvalue weighted by molar-refractivity contribution is 7.92. The molecule has 0 aromatic heterocycles. The van der Waals surface area contributed by atoms with Crippen molar-refractivity contribution in [3.63, 3.8) is 0 Å². The van der Waals surface area contributed by atoms with E-state index >= 15 is 0 Å². The van der Waals surface area contributed by atoms with Crippen molar-refractivity contribution in [1.82, 2.24) is 10.2 Å². The van der Waals surface area contributed by atoms with Crippen LogP contribution in [0.2, 0.25) is 0 Å². The van der Waals surface area contributed by atoms with Gasteiger partial charge in [0.05, 0.1) is 19.1 Å². The van der Waals surface area contributed by atoms with E-state index in [0.717, 1.165) is 21.7 Å². The fraction of sp³-hybridized carbons (Fsp3) is 0.417. The maximum atomic E-state index is 13.5. The Morgan fingerprint density at radius 3 is 2.15 bits per heavy atom. The van der Waals surface area contributed by atoms with E-state index in [1.807, 2.05) is 26.0 Å². The Balaban J connectivity index is 2.39. The second-order valence-electron chi connectivity index (χ2n) is 8.27. The van der Waals surface area contributed by atoms with Crippen LogP contribution < -0.4 is 14.4 Å². The Morgan fingerprint density at radius 2 is 1.64 bits per heavy atom. The van der Waals surface area contributed by atoms with Gasteiger partial charge in [-0.05, 0) is 57.0 Å². The van der Waals surface area contributed by atoms with Crippen LogP contribution in [0.4, 0.5) is 5.69 Å². The number of para-hydroxylation sites is 1. The molecule has 2 aromatic rings. The number of carbonyl (C=O) groups is 2. The number of benzene rings is 2. The van der Waals surface area contributed by atoms with Gasteiger partial charge in [0.1, 0.15) is 18.3 Å². The van der Waals surface area contributed by atoms with Gasteiger partial charge in [0.15, 0.2) is 0 Å². The van der Waals surface area contributed by atoms with E-state index in [4.69, 9.17) is 4.74 Å². The monoisotopic (exact) mass is 475 g/mol. The summed E-state index contributed by atoms with van der Waals surface area (Å²) in [5, 5.41) is 2.82. The highest BCUT2D eigenvalue weighted by atomic mass is 32.2. The second kappa shape index (κ2) is 11.2. The van der Waals surface area contributed by atoms with Crippen LogP contribution in [0.15, 0.2) is 48.5 Å². The number of anilines is 1. The zero-order valence-electron chi connectivity index (χ0n) is 20.0. The van der Waals surface area contributed by atoms with Crippen molar-refractivity contribution in [2.24, 2.45) is 0 Å². The van der Waals surface area contributed by atoms with Crippen molar-refractivity contribution in [1.29, 1.82) is 0 Å². The van der Waals surface area contributed by atoms with Gasteiger partial charge in [-0.15, -0.1) is 0 Å². The summed E-state index contributed by atoms with van der Waals surface area (Å²) >= 11 is 0. The van der Waals surface area contributed by atoms with Crippen LogP contribution in [0.25, 0.3) is 0 Å². The van der Waals surface area contributed by atoms with E-state index in [2.05, 4.69) is 5.32 Å². The summed E-state index contributed by atoms with van der Waals surface area (Å²) in [7, 11) is -2.18. The van der Waals surface area contributed by atoms with E-state index < -0.39 is 28.5 Å². The zero-order valence-corrected chi connectivity index (χ0v) is 20.8. The van der Waals surface area contributed by atoms with Gasteiger partial charge in [0, 0.05) is 12.6 Å². The fourth-order valence-electron chi connectivity index (χ4n) is 3.35. The Hall–Kier alpha value is -3.07. The molecule has 8 nitrogen and oxygen atoms in total. The molecule has 2 amide bonds. The number of aryl methyl sites for hydroxylation is 1. The lowest BCUT2D eigenvalue weighted by molar-refractivity contribution is -0.139. The Kier molecular flexibility index (Phi) is 8.87. The van der Waals surface area contributed by atoms with Crippen LogP contribution in [-0.4, -0.2) is 57.1 Å². The van der Waals surface area contributed by atoms with Gasteiger partial charge in [-0.1, -0.05) is 30.3 Å². The van der Waals surface area contributed by atoms with Crippen LogP contribution in [0.5, 0.6) is 5.75 Å². The molecule has 0 heterocycles. The Morgan fingerprint density at radius 1 is 1.03 bits per heavy atom. The summed E-state index contributed by atoms with van der Waals surface area (Å²) in [5.41, 5.74) is 1.94. The van der Waals surface area contributed by atoms with Crippen molar-refractivity contribution < 1.29 is 22.7 Å². The molecule has 0 unspecified atom stereocenters. The number of methoxy groups -OCH3 is 1. The number of hydrogen-bond acceptors (Lipinski definition) is 5. The third kappa shape index (κ3) is 7.21. The zero-order chi connectivity index (χ0) is 24.8. The van der Waals surface area contributed by atoms with Crippen LogP contribution in [0, 0.1) is 6.92 Å². The highest BCUT2D eigenvalue weighted by Crippen LogP contribution is 2.23. The van der Waals surface area contributed by atoms with Gasteiger partial charge in [0.2, 0.25) is 21.8 Å². The van der Waals surface area contributed by atoms with Gasteiger partial charge in [-0.3, -0.25) is 13.9 Å². The molecule has 0 radical (unpaired) electrons. The molecule has 0 fully saturated rings. The molecule has 180 valence electrons. The normalized spacial score (nSPS) is 12.2. The number of nitrogens with one attached hydrogen (secondary N) is 1. The van der Waals surface area contributed by atoms with Crippen molar-refractivity contribution in [2.45, 2.75) is 46.3 Å². The largest absolute Gasteiger partial charge is 0.497 e. The van der Waals surface area contributed by atoms with Crippen LogP contribution >= 0.6 is 0 Å². The molecular weight excluding hydrogens is 442 g/mol. The summed E-state index contributed by atoms with van der Waals surface area (Å²) in [6, 6.07) is 13.2. The van der Waals surface area contributed by atoms with Gasteiger partial charge in [0.25, 0.3) is 0 Å². The van der Waals surface area contributed by atoms with Crippen LogP contribution in [0.3, 0.4) is 0 Å². The molecule has 2 aromatic carbocycles. The SMILES string of the molecule is COc1ccc(CN(C(=O)CN(c2ccccc2C)S(C)(=O)=O)[C@H](C)C(=O)NC(C)C)cc1. The minimum atomic E-state index is -3.75. The molecule has 1 atom stereocenters. The molecule has 0 aliphatic carbocycles. The van der Waals surface area contributed by atoms with Gasteiger partial charge in [-0.25, -0.2) is 8.42 Å². The van der Waals surface area contributed by atoms with Crippen molar-refractivity contribution in [3.05, 3.63) is 59.7 Å². The summed E-state index contributed by atoms with van der Waals surface area (Å²) in [5.74, 6) is -0.121. The molecule has 33 heavy (non-hydrogen) atoms. The quantitative estimate of drug-likeness (QED) is 0.570. The summed E-state index contributed by atoms with van der Waals surface area (Å²) in [4.78, 5) is 27.6. The van der Waals surface area contributed by atoms with Crippen molar-refractivity contribution in [2.75, 3.05) is 24.2 Å². The molecule has 0 saturated carbocycles. The molecule has 2 rings (SSSR count). The van der Waals surface area contributed by atoms with Gasteiger partial charge < -0.3 is 15.0 Å². The van der Waals surface area contributed by atoms with E-state index in [-0.39, 0.29) is 18.5 Å². The number of amides is 2. The Bertz CT molecular complexity index is 1070. The Labute approximate surface area is 196 Å². The predicted octanol–water partition coefficient (Wildman–Crippen LogP) is 2.71. The van der Waals surface area contributed by atoms with Crippen LogP contribution in [0.1, 0.15) is 31.9 Å².